The van der Waals surface area contributed by atoms with E-state index in [4.69, 9.17) is 32.1 Å². The summed E-state index contributed by atoms with van der Waals surface area (Å²) in [6, 6.07) is 8.25. The number of aromatic nitrogens is 1. The maximum Gasteiger partial charge on any atom is 0.291 e. The molecule has 24 heavy (non-hydrogen) atoms. The summed E-state index contributed by atoms with van der Waals surface area (Å²) in [6.07, 6.45) is 0.515. The first-order valence-corrected chi connectivity index (χ1v) is 7.96. The molecule has 1 N–H and O–H groups in total. The van der Waals surface area contributed by atoms with Crippen LogP contribution in [0.2, 0.25) is 10.0 Å². The van der Waals surface area contributed by atoms with E-state index in [1.807, 2.05) is 13.8 Å². The quantitative estimate of drug-likeness (QED) is 0.704. The van der Waals surface area contributed by atoms with E-state index in [2.05, 4.69) is 10.5 Å². The molecule has 124 valence electrons. The average molecular weight is 365 g/mol. The van der Waals surface area contributed by atoms with Gasteiger partial charge in [-0.15, -0.1) is 0 Å². The normalized spacial score (nSPS) is 10.8. The van der Waals surface area contributed by atoms with Crippen LogP contribution in [0.4, 0.5) is 5.69 Å². The molecule has 0 radical (unpaired) electrons. The van der Waals surface area contributed by atoms with Gasteiger partial charge in [0.25, 0.3) is 5.91 Å². The molecular weight excluding hydrogens is 351 g/mol. The number of amides is 1. The van der Waals surface area contributed by atoms with Crippen molar-refractivity contribution < 1.29 is 13.7 Å². The predicted molar refractivity (Wildman–Crippen MR) is 91.9 cm³/mol. The van der Waals surface area contributed by atoms with Crippen LogP contribution in [0.1, 0.15) is 33.3 Å². The zero-order chi connectivity index (χ0) is 17.3. The van der Waals surface area contributed by atoms with Crippen LogP contribution < -0.4 is 5.32 Å². The first kappa shape index (κ1) is 16.6. The summed E-state index contributed by atoms with van der Waals surface area (Å²) in [4.78, 5) is 12.2. The van der Waals surface area contributed by atoms with E-state index in [1.54, 1.807) is 30.3 Å². The third-order valence-electron chi connectivity index (χ3n) is 3.60. The fourth-order valence-electron chi connectivity index (χ4n) is 2.29. The molecule has 7 heteroatoms. The molecule has 0 bridgehead atoms. The molecule has 2 aromatic heterocycles. The number of nitrogens with zero attached hydrogens (tertiary/aromatic N) is 1. The van der Waals surface area contributed by atoms with E-state index in [-0.39, 0.29) is 11.7 Å². The molecule has 1 amide bonds. The van der Waals surface area contributed by atoms with E-state index >= 15 is 0 Å². The fraction of sp³-hybridized carbons (Fsp3) is 0.176. The topological polar surface area (TPSA) is 68.3 Å². The Labute approximate surface area is 148 Å². The van der Waals surface area contributed by atoms with Gasteiger partial charge in [0.15, 0.2) is 5.76 Å². The van der Waals surface area contributed by atoms with Gasteiger partial charge in [-0.2, -0.15) is 0 Å². The molecule has 3 aromatic rings. The Bertz CT molecular complexity index is 880. The van der Waals surface area contributed by atoms with Gasteiger partial charge in [0.1, 0.15) is 11.5 Å². The number of furan rings is 1. The number of benzene rings is 1. The van der Waals surface area contributed by atoms with Crippen molar-refractivity contribution in [1.29, 1.82) is 0 Å². The summed E-state index contributed by atoms with van der Waals surface area (Å²) >= 11 is 11.8. The van der Waals surface area contributed by atoms with Crippen molar-refractivity contribution in [2.45, 2.75) is 20.3 Å². The van der Waals surface area contributed by atoms with Gasteiger partial charge in [-0.1, -0.05) is 28.4 Å². The van der Waals surface area contributed by atoms with Crippen LogP contribution in [0.25, 0.3) is 0 Å². The van der Waals surface area contributed by atoms with Gasteiger partial charge in [0.2, 0.25) is 0 Å². The lowest BCUT2D eigenvalue weighted by molar-refractivity contribution is 0.0995. The monoisotopic (exact) mass is 364 g/mol. The van der Waals surface area contributed by atoms with E-state index < -0.39 is 0 Å². The summed E-state index contributed by atoms with van der Waals surface area (Å²) in [5.74, 6) is 1.25. The van der Waals surface area contributed by atoms with Gasteiger partial charge in [0, 0.05) is 17.7 Å². The van der Waals surface area contributed by atoms with Crippen LogP contribution in [0.5, 0.6) is 0 Å². The highest BCUT2D eigenvalue weighted by Gasteiger charge is 2.15. The zero-order valence-electron chi connectivity index (χ0n) is 13.0. The lowest BCUT2D eigenvalue weighted by Gasteiger charge is -2.04. The molecule has 1 aromatic carbocycles. The van der Waals surface area contributed by atoms with Crippen LogP contribution >= 0.6 is 23.2 Å². The number of carbonyl (C=O) groups excluding carboxylic acids is 1. The minimum Gasteiger partial charge on any atom is -0.456 e. The smallest absolute Gasteiger partial charge is 0.291 e. The molecule has 0 spiro atoms. The Morgan fingerprint density at radius 3 is 2.62 bits per heavy atom. The molecule has 0 aliphatic carbocycles. The highest BCUT2D eigenvalue weighted by Crippen LogP contribution is 2.25. The van der Waals surface area contributed by atoms with Gasteiger partial charge in [-0.3, -0.25) is 4.79 Å². The Hall–Kier alpha value is -2.24. The standard InChI is InChI=1S/C17H14Cl2N2O3/c1-9-13(10(2)24-21-9)8-12-4-6-16(23-12)17(22)20-11-3-5-14(18)15(19)7-11/h3-7H,8H2,1-2H3,(H,20,22). The Kier molecular flexibility index (Phi) is 4.64. The summed E-state index contributed by atoms with van der Waals surface area (Å²) in [6.45, 7) is 3.71. The molecule has 2 heterocycles. The molecule has 0 aliphatic heterocycles. The Morgan fingerprint density at radius 2 is 1.96 bits per heavy atom. The summed E-state index contributed by atoms with van der Waals surface area (Å²) in [7, 11) is 0. The number of anilines is 1. The molecule has 0 saturated carbocycles. The molecule has 0 atom stereocenters. The maximum absolute atomic E-state index is 12.2. The fourth-order valence-corrected chi connectivity index (χ4v) is 2.59. The van der Waals surface area contributed by atoms with E-state index in [0.29, 0.717) is 27.9 Å². The van der Waals surface area contributed by atoms with Crippen molar-refractivity contribution in [3.63, 3.8) is 0 Å². The summed E-state index contributed by atoms with van der Waals surface area (Å²) in [5.41, 5.74) is 2.31. The van der Waals surface area contributed by atoms with Crippen molar-refractivity contribution in [3.05, 3.63) is 68.9 Å². The van der Waals surface area contributed by atoms with E-state index in [9.17, 15) is 4.79 Å². The van der Waals surface area contributed by atoms with Crippen LogP contribution in [-0.4, -0.2) is 11.1 Å². The number of halogens is 2. The van der Waals surface area contributed by atoms with Gasteiger partial charge >= 0.3 is 0 Å². The first-order chi connectivity index (χ1) is 11.4. The third-order valence-corrected chi connectivity index (χ3v) is 4.33. The molecule has 0 saturated heterocycles. The molecule has 3 rings (SSSR count). The van der Waals surface area contributed by atoms with Crippen molar-refractivity contribution in [2.24, 2.45) is 0 Å². The number of carbonyl (C=O) groups is 1. The minimum atomic E-state index is -0.363. The van der Waals surface area contributed by atoms with Gasteiger partial charge in [0.05, 0.1) is 15.7 Å². The van der Waals surface area contributed by atoms with Crippen LogP contribution in [0, 0.1) is 13.8 Å². The highest BCUT2D eigenvalue weighted by molar-refractivity contribution is 6.42. The van der Waals surface area contributed by atoms with Gasteiger partial charge in [-0.05, 0) is 44.2 Å². The Morgan fingerprint density at radius 1 is 1.17 bits per heavy atom. The third kappa shape index (κ3) is 3.47. The van der Waals surface area contributed by atoms with Crippen LogP contribution in [0.15, 0.2) is 39.3 Å². The second-order valence-electron chi connectivity index (χ2n) is 5.33. The molecule has 0 aliphatic rings. The van der Waals surface area contributed by atoms with E-state index in [1.165, 1.54) is 0 Å². The van der Waals surface area contributed by atoms with Crippen LogP contribution in [-0.2, 0) is 6.42 Å². The SMILES string of the molecule is Cc1noc(C)c1Cc1ccc(C(=O)Nc2ccc(Cl)c(Cl)c2)o1. The molecule has 0 fully saturated rings. The lowest BCUT2D eigenvalue weighted by Crippen LogP contribution is -2.10. The van der Waals surface area contributed by atoms with Gasteiger partial charge < -0.3 is 14.3 Å². The number of nitrogens with one attached hydrogen (secondary N) is 1. The van der Waals surface area contributed by atoms with E-state index in [0.717, 1.165) is 17.0 Å². The predicted octanol–water partition coefficient (Wildman–Crippen LogP) is 5.03. The summed E-state index contributed by atoms with van der Waals surface area (Å²) in [5, 5.41) is 7.41. The zero-order valence-corrected chi connectivity index (χ0v) is 14.5. The molecular formula is C17H14Cl2N2O3. The Balaban J connectivity index is 1.72. The number of rotatable bonds is 4. The van der Waals surface area contributed by atoms with Gasteiger partial charge in [-0.25, -0.2) is 0 Å². The van der Waals surface area contributed by atoms with Crippen molar-refractivity contribution in [2.75, 3.05) is 5.32 Å². The average Bonchev–Trinajstić information content (AvgIpc) is 3.13. The lowest BCUT2D eigenvalue weighted by atomic mass is 10.1. The molecule has 0 unspecified atom stereocenters. The second-order valence-corrected chi connectivity index (χ2v) is 6.14. The van der Waals surface area contributed by atoms with Crippen LogP contribution in [0.3, 0.4) is 0 Å². The first-order valence-electron chi connectivity index (χ1n) is 7.21. The number of hydrogen-bond acceptors (Lipinski definition) is 4. The second kappa shape index (κ2) is 6.71. The maximum atomic E-state index is 12.2. The largest absolute Gasteiger partial charge is 0.456 e. The van der Waals surface area contributed by atoms with Crippen molar-refractivity contribution in [3.8, 4) is 0 Å². The number of hydrogen-bond donors (Lipinski definition) is 1. The van der Waals surface area contributed by atoms with Crippen molar-refractivity contribution >= 4 is 34.8 Å². The molecule has 5 nitrogen and oxygen atoms in total. The summed E-state index contributed by atoms with van der Waals surface area (Å²) < 4.78 is 10.7. The van der Waals surface area contributed by atoms with Crippen molar-refractivity contribution in [1.82, 2.24) is 5.16 Å². The number of aryl methyl sites for hydroxylation is 2. The highest BCUT2D eigenvalue weighted by atomic mass is 35.5. The minimum absolute atomic E-state index is 0.211.